The number of ether oxygens (including phenoxy) is 1. The molecule has 0 aromatic rings. The summed E-state index contributed by atoms with van der Waals surface area (Å²) in [5.74, 6) is -3.18. The van der Waals surface area contributed by atoms with Crippen molar-refractivity contribution in [2.24, 2.45) is 28.6 Å². The standard InChI is InChI=1S/C19H22O6.K.H/c1-9-7-17-8-18(9,24)5-3-10(17)19-6-4-11(20)16(2,15(23)25-19)13(19)12(17)14(21)22;;/h4,6,10-13,20,24H,1,3,5,7-8H2,2H3,(H,21,22);;/t10-,11+,12-,13-,16-,17+,18+,19-;;/m1../s1. The molecule has 5 rings (SSSR count). The van der Waals surface area contributed by atoms with Gasteiger partial charge in [0.05, 0.1) is 17.6 Å². The molecule has 0 aromatic heterocycles. The molecular formula is C19H23KO6. The van der Waals surface area contributed by atoms with Crippen molar-refractivity contribution in [2.75, 3.05) is 0 Å². The van der Waals surface area contributed by atoms with Crippen LogP contribution in [0.5, 0.6) is 0 Å². The van der Waals surface area contributed by atoms with Crippen LogP contribution in [0.3, 0.4) is 0 Å². The Morgan fingerprint density at radius 3 is 2.77 bits per heavy atom. The number of hydrogen-bond acceptors (Lipinski definition) is 5. The molecule has 3 N–H and O–H groups in total. The normalized spacial score (nSPS) is 55.8. The van der Waals surface area contributed by atoms with E-state index in [4.69, 9.17) is 4.74 Å². The Bertz CT molecular complexity index is 778. The van der Waals surface area contributed by atoms with Gasteiger partial charge in [-0.05, 0) is 49.7 Å². The van der Waals surface area contributed by atoms with Gasteiger partial charge >= 0.3 is 63.3 Å². The van der Waals surface area contributed by atoms with Crippen molar-refractivity contribution in [1.29, 1.82) is 0 Å². The summed E-state index contributed by atoms with van der Waals surface area (Å²) >= 11 is 0. The average Bonchev–Trinajstić information content (AvgIpc) is 2.95. The van der Waals surface area contributed by atoms with Crippen molar-refractivity contribution in [3.05, 3.63) is 24.3 Å². The molecule has 0 amide bonds. The van der Waals surface area contributed by atoms with Crippen LogP contribution in [0.25, 0.3) is 0 Å². The summed E-state index contributed by atoms with van der Waals surface area (Å²) in [6.45, 7) is 5.64. The van der Waals surface area contributed by atoms with Crippen LogP contribution in [0, 0.1) is 28.6 Å². The first-order valence-electron chi connectivity index (χ1n) is 8.86. The Labute approximate surface area is 194 Å². The van der Waals surface area contributed by atoms with E-state index in [0.29, 0.717) is 31.3 Å². The van der Waals surface area contributed by atoms with Gasteiger partial charge in [0.25, 0.3) is 0 Å². The summed E-state index contributed by atoms with van der Waals surface area (Å²) in [4.78, 5) is 25.1. The number of aliphatic hydroxyl groups is 2. The summed E-state index contributed by atoms with van der Waals surface area (Å²) < 4.78 is 5.87. The third-order valence-electron chi connectivity index (χ3n) is 8.12. The van der Waals surface area contributed by atoms with Crippen molar-refractivity contribution < 1.29 is 29.6 Å². The third kappa shape index (κ3) is 1.79. The zero-order valence-electron chi connectivity index (χ0n) is 14.1. The van der Waals surface area contributed by atoms with Crippen LogP contribution in [-0.4, -0.2) is 95.9 Å². The first kappa shape index (κ1) is 19.3. The SMILES string of the molecule is C=C1C[C@]23C[C@@]1(O)CC[C@H]2[C@@]12C=C[C@H](O)[C@@](C)(C(=O)O1)[C@H]2[C@@H]3C(=O)O.[KH]. The maximum atomic E-state index is 12.7. The second kappa shape index (κ2) is 5.31. The second-order valence-electron chi connectivity index (χ2n) is 8.94. The van der Waals surface area contributed by atoms with Gasteiger partial charge in [0.1, 0.15) is 11.0 Å². The quantitative estimate of drug-likeness (QED) is 0.342. The Morgan fingerprint density at radius 1 is 1.42 bits per heavy atom. The molecule has 0 radical (unpaired) electrons. The van der Waals surface area contributed by atoms with E-state index in [9.17, 15) is 24.9 Å². The predicted octanol–water partition coefficient (Wildman–Crippen LogP) is 0.379. The van der Waals surface area contributed by atoms with Crippen LogP contribution in [0.2, 0.25) is 0 Å². The van der Waals surface area contributed by atoms with E-state index in [1.165, 1.54) is 0 Å². The Morgan fingerprint density at radius 2 is 2.12 bits per heavy atom. The van der Waals surface area contributed by atoms with E-state index in [-0.39, 0.29) is 57.3 Å². The molecule has 4 bridgehead atoms. The van der Waals surface area contributed by atoms with Crippen LogP contribution in [0.4, 0.5) is 0 Å². The van der Waals surface area contributed by atoms with E-state index in [2.05, 4.69) is 6.58 Å². The molecule has 1 heterocycles. The second-order valence-corrected chi connectivity index (χ2v) is 8.94. The third-order valence-corrected chi connectivity index (χ3v) is 8.12. The van der Waals surface area contributed by atoms with Crippen LogP contribution < -0.4 is 0 Å². The predicted molar refractivity (Wildman–Crippen MR) is 92.3 cm³/mol. The molecule has 136 valence electrons. The van der Waals surface area contributed by atoms with Gasteiger partial charge in [0.2, 0.25) is 0 Å². The number of rotatable bonds is 1. The number of fused-ring (bicyclic) bond motifs is 1. The van der Waals surface area contributed by atoms with Gasteiger partial charge in [-0.15, -0.1) is 0 Å². The molecule has 8 atom stereocenters. The van der Waals surface area contributed by atoms with Crippen LogP contribution in [-0.2, 0) is 14.3 Å². The summed E-state index contributed by atoms with van der Waals surface area (Å²) in [7, 11) is 0. The molecule has 26 heavy (non-hydrogen) atoms. The van der Waals surface area contributed by atoms with Gasteiger partial charge in [-0.1, -0.05) is 12.7 Å². The fraction of sp³-hybridized carbons (Fsp3) is 0.684. The maximum absolute atomic E-state index is 12.7. The van der Waals surface area contributed by atoms with E-state index in [0.717, 1.165) is 0 Å². The van der Waals surface area contributed by atoms with Crippen molar-refractivity contribution in [1.82, 2.24) is 0 Å². The van der Waals surface area contributed by atoms with Crippen LogP contribution >= 0.6 is 0 Å². The van der Waals surface area contributed by atoms with Crippen molar-refractivity contribution >= 4 is 63.3 Å². The molecule has 6 nitrogen and oxygen atoms in total. The molecular weight excluding hydrogens is 363 g/mol. The van der Waals surface area contributed by atoms with Crippen LogP contribution in [0.1, 0.15) is 32.6 Å². The fourth-order valence-corrected chi connectivity index (χ4v) is 7.13. The minimum atomic E-state index is -1.27. The molecule has 4 fully saturated rings. The molecule has 0 aromatic carbocycles. The molecule has 0 unspecified atom stereocenters. The summed E-state index contributed by atoms with van der Waals surface area (Å²) in [5, 5.41) is 31.6. The van der Waals surface area contributed by atoms with E-state index >= 15 is 0 Å². The van der Waals surface area contributed by atoms with Crippen molar-refractivity contribution in [3.63, 3.8) is 0 Å². The zero-order chi connectivity index (χ0) is 18.0. The number of carboxylic acid groups (broad SMARTS) is 1. The number of aliphatic hydroxyl groups excluding tert-OH is 1. The first-order valence-corrected chi connectivity index (χ1v) is 8.86. The molecule has 4 aliphatic carbocycles. The van der Waals surface area contributed by atoms with E-state index < -0.39 is 51.9 Å². The van der Waals surface area contributed by atoms with Gasteiger partial charge in [-0.3, -0.25) is 9.59 Å². The molecule has 5 aliphatic rings. The Hall–Kier alpha value is -0.0236. The fourth-order valence-electron chi connectivity index (χ4n) is 7.13. The number of hydrogen-bond donors (Lipinski definition) is 3. The number of carbonyl (C=O) groups is 2. The van der Waals surface area contributed by atoms with Gasteiger partial charge in [-0.2, -0.15) is 0 Å². The Balaban J connectivity index is 0.00000168. The number of aliphatic carboxylic acids is 1. The number of esters is 1. The van der Waals surface area contributed by atoms with Gasteiger partial charge in [0.15, 0.2) is 0 Å². The average molecular weight is 386 g/mol. The summed E-state index contributed by atoms with van der Waals surface area (Å²) in [5.41, 5.74) is -3.29. The molecule has 3 saturated carbocycles. The van der Waals surface area contributed by atoms with Crippen LogP contribution in [0.15, 0.2) is 24.3 Å². The van der Waals surface area contributed by atoms with Gasteiger partial charge < -0.3 is 20.1 Å². The van der Waals surface area contributed by atoms with E-state index in [1.54, 1.807) is 19.1 Å². The summed E-state index contributed by atoms with van der Waals surface area (Å²) in [6, 6.07) is 0. The number of carbonyl (C=O) groups excluding carboxylic acids is 1. The molecule has 1 saturated heterocycles. The number of carboxylic acids is 1. The Kier molecular flexibility index (Phi) is 3.95. The molecule has 7 heteroatoms. The first-order chi connectivity index (χ1) is 11.6. The minimum absolute atomic E-state index is 0. The zero-order valence-corrected chi connectivity index (χ0v) is 14.1. The topological polar surface area (TPSA) is 104 Å². The van der Waals surface area contributed by atoms with Crippen molar-refractivity contribution in [2.45, 2.75) is 49.9 Å². The molecule has 1 aliphatic heterocycles. The van der Waals surface area contributed by atoms with Gasteiger partial charge in [-0.25, -0.2) is 0 Å². The molecule has 1 spiro atoms. The summed E-state index contributed by atoms with van der Waals surface area (Å²) in [6.07, 6.45) is 4.11. The van der Waals surface area contributed by atoms with E-state index in [1.807, 2.05) is 0 Å². The monoisotopic (exact) mass is 386 g/mol. The van der Waals surface area contributed by atoms with Gasteiger partial charge in [0, 0.05) is 11.8 Å². The van der Waals surface area contributed by atoms with Crippen molar-refractivity contribution in [3.8, 4) is 0 Å².